The first kappa shape index (κ1) is 16.5. The van der Waals surface area contributed by atoms with E-state index in [2.05, 4.69) is 45.1 Å². The summed E-state index contributed by atoms with van der Waals surface area (Å²) in [5.74, 6) is 1.03. The van der Waals surface area contributed by atoms with Gasteiger partial charge in [-0.1, -0.05) is 13.8 Å². The number of aromatic amines is 1. The number of H-pyrrole nitrogens is 1. The molecule has 1 N–H and O–H groups in total. The molecule has 0 aromatic carbocycles. The highest BCUT2D eigenvalue weighted by molar-refractivity contribution is 9.10. The summed E-state index contributed by atoms with van der Waals surface area (Å²) in [7, 11) is 1.85. The van der Waals surface area contributed by atoms with E-state index in [9.17, 15) is 4.79 Å². The number of thiophene rings is 1. The standard InChI is InChI=1S/C17H18BrN5OS/c1-9(2)8-11-13-14(20-19-11)17(24)23(12-4-6-22(3)21-12)15(13)16-10(18)5-7-25-16/h4-7,9,15H,8H2,1-3H3,(H,19,20). The average Bonchev–Trinajstić information content (AvgIpc) is 3.28. The number of rotatable bonds is 4. The molecule has 1 unspecified atom stereocenters. The van der Waals surface area contributed by atoms with Crippen molar-refractivity contribution < 1.29 is 4.79 Å². The van der Waals surface area contributed by atoms with E-state index in [1.807, 2.05) is 30.8 Å². The van der Waals surface area contributed by atoms with Gasteiger partial charge in [-0.2, -0.15) is 10.2 Å². The molecule has 3 aromatic heterocycles. The first-order chi connectivity index (χ1) is 12.0. The number of fused-ring (bicyclic) bond motifs is 1. The van der Waals surface area contributed by atoms with Gasteiger partial charge in [0, 0.05) is 34.2 Å². The van der Waals surface area contributed by atoms with Crippen LogP contribution in [-0.4, -0.2) is 25.9 Å². The van der Waals surface area contributed by atoms with Crippen molar-refractivity contribution in [3.05, 3.63) is 50.0 Å². The number of aryl methyl sites for hydroxylation is 1. The highest BCUT2D eigenvalue weighted by Gasteiger charge is 2.44. The Morgan fingerprint density at radius 3 is 2.80 bits per heavy atom. The lowest BCUT2D eigenvalue weighted by atomic mass is 9.99. The van der Waals surface area contributed by atoms with Crippen LogP contribution >= 0.6 is 27.3 Å². The van der Waals surface area contributed by atoms with Gasteiger partial charge >= 0.3 is 0 Å². The fraction of sp³-hybridized carbons (Fsp3) is 0.353. The topological polar surface area (TPSA) is 66.8 Å². The second kappa shape index (κ2) is 6.10. The normalized spacial score (nSPS) is 16.9. The van der Waals surface area contributed by atoms with E-state index in [1.54, 1.807) is 20.9 Å². The monoisotopic (exact) mass is 419 g/mol. The Labute approximate surface area is 158 Å². The lowest BCUT2D eigenvalue weighted by Gasteiger charge is -2.23. The van der Waals surface area contributed by atoms with Gasteiger partial charge < -0.3 is 0 Å². The predicted molar refractivity (Wildman–Crippen MR) is 101 cm³/mol. The van der Waals surface area contributed by atoms with Crippen molar-refractivity contribution >= 4 is 39.0 Å². The first-order valence-corrected chi connectivity index (χ1v) is 9.78. The molecule has 0 bridgehead atoms. The number of anilines is 1. The summed E-state index contributed by atoms with van der Waals surface area (Å²) in [6.45, 7) is 4.31. The molecular formula is C17H18BrN5OS. The number of hydrogen-bond donors (Lipinski definition) is 1. The molecule has 1 atom stereocenters. The van der Waals surface area contributed by atoms with Crippen LogP contribution in [0, 0.1) is 5.92 Å². The Hall–Kier alpha value is -1.93. The second-order valence-electron chi connectivity index (χ2n) is 6.62. The molecule has 0 radical (unpaired) electrons. The Balaban J connectivity index is 1.90. The zero-order valence-corrected chi connectivity index (χ0v) is 16.6. The third-order valence-electron chi connectivity index (χ3n) is 4.29. The molecule has 3 aromatic rings. The summed E-state index contributed by atoms with van der Waals surface area (Å²) in [5, 5.41) is 13.9. The molecule has 8 heteroatoms. The highest BCUT2D eigenvalue weighted by Crippen LogP contribution is 2.46. The molecular weight excluding hydrogens is 402 g/mol. The van der Waals surface area contributed by atoms with Gasteiger partial charge in [0.15, 0.2) is 5.82 Å². The van der Waals surface area contributed by atoms with E-state index in [0.717, 1.165) is 27.0 Å². The van der Waals surface area contributed by atoms with Gasteiger partial charge in [-0.3, -0.25) is 19.5 Å². The van der Waals surface area contributed by atoms with Crippen molar-refractivity contribution in [3.63, 3.8) is 0 Å². The molecule has 4 rings (SSSR count). The molecule has 25 heavy (non-hydrogen) atoms. The van der Waals surface area contributed by atoms with Gasteiger partial charge in [-0.25, -0.2) is 0 Å². The molecule has 1 aliphatic rings. The van der Waals surface area contributed by atoms with Crippen molar-refractivity contribution in [2.45, 2.75) is 26.3 Å². The number of carbonyl (C=O) groups excluding carboxylic acids is 1. The van der Waals surface area contributed by atoms with Crippen molar-refractivity contribution in [2.24, 2.45) is 13.0 Å². The number of halogens is 1. The van der Waals surface area contributed by atoms with Crippen LogP contribution in [0.5, 0.6) is 0 Å². The zero-order valence-electron chi connectivity index (χ0n) is 14.2. The van der Waals surface area contributed by atoms with Crippen LogP contribution in [0.1, 0.15) is 46.5 Å². The van der Waals surface area contributed by atoms with E-state index in [0.29, 0.717) is 17.4 Å². The largest absolute Gasteiger partial charge is 0.278 e. The summed E-state index contributed by atoms with van der Waals surface area (Å²) < 4.78 is 2.71. The molecule has 130 valence electrons. The molecule has 0 spiro atoms. The minimum Gasteiger partial charge on any atom is -0.277 e. The van der Waals surface area contributed by atoms with E-state index in [-0.39, 0.29) is 11.9 Å². The Morgan fingerprint density at radius 2 is 2.20 bits per heavy atom. The fourth-order valence-corrected chi connectivity index (χ4v) is 4.96. The predicted octanol–water partition coefficient (Wildman–Crippen LogP) is 3.92. The number of amides is 1. The van der Waals surface area contributed by atoms with Crippen LogP contribution in [0.4, 0.5) is 5.82 Å². The minimum absolute atomic E-state index is 0.0819. The summed E-state index contributed by atoms with van der Waals surface area (Å²) >= 11 is 5.26. The van der Waals surface area contributed by atoms with Gasteiger partial charge in [0.05, 0.1) is 5.69 Å². The van der Waals surface area contributed by atoms with Crippen molar-refractivity contribution in [1.29, 1.82) is 0 Å². The van der Waals surface area contributed by atoms with E-state index >= 15 is 0 Å². The fourth-order valence-electron chi connectivity index (χ4n) is 3.27. The smallest absolute Gasteiger partial charge is 0.277 e. The Kier molecular flexibility index (Phi) is 4.04. The minimum atomic E-state index is -0.209. The molecule has 0 aliphatic carbocycles. The van der Waals surface area contributed by atoms with Crippen LogP contribution in [0.25, 0.3) is 0 Å². The number of hydrogen-bond acceptors (Lipinski definition) is 4. The molecule has 0 saturated heterocycles. The quantitative estimate of drug-likeness (QED) is 0.696. The lowest BCUT2D eigenvalue weighted by Crippen LogP contribution is -2.29. The van der Waals surface area contributed by atoms with Gasteiger partial charge in [0.25, 0.3) is 5.91 Å². The molecule has 0 saturated carbocycles. The summed E-state index contributed by atoms with van der Waals surface area (Å²) in [6.07, 6.45) is 2.68. The molecule has 6 nitrogen and oxygen atoms in total. The number of nitrogens with zero attached hydrogens (tertiary/aromatic N) is 4. The third-order valence-corrected chi connectivity index (χ3v) is 6.21. The zero-order chi connectivity index (χ0) is 17.7. The molecule has 1 amide bonds. The summed E-state index contributed by atoms with van der Waals surface area (Å²) in [5.41, 5.74) is 2.51. The number of aromatic nitrogens is 4. The average molecular weight is 420 g/mol. The maximum Gasteiger partial charge on any atom is 0.278 e. The van der Waals surface area contributed by atoms with Crippen molar-refractivity contribution in [3.8, 4) is 0 Å². The highest BCUT2D eigenvalue weighted by atomic mass is 79.9. The molecule has 4 heterocycles. The second-order valence-corrected chi connectivity index (χ2v) is 8.42. The van der Waals surface area contributed by atoms with Gasteiger partial charge in [-0.05, 0) is 39.7 Å². The molecule has 1 aliphatic heterocycles. The van der Waals surface area contributed by atoms with E-state index in [1.165, 1.54) is 0 Å². The van der Waals surface area contributed by atoms with Crippen LogP contribution in [0.3, 0.4) is 0 Å². The summed E-state index contributed by atoms with van der Waals surface area (Å²) in [6, 6.07) is 3.68. The number of carbonyl (C=O) groups is 1. The van der Waals surface area contributed by atoms with Gasteiger partial charge in [0.1, 0.15) is 11.7 Å². The van der Waals surface area contributed by atoms with Crippen LogP contribution in [0.2, 0.25) is 0 Å². The van der Waals surface area contributed by atoms with Crippen molar-refractivity contribution in [1.82, 2.24) is 20.0 Å². The first-order valence-electron chi connectivity index (χ1n) is 8.10. The van der Waals surface area contributed by atoms with Gasteiger partial charge in [0.2, 0.25) is 0 Å². The maximum absolute atomic E-state index is 13.1. The van der Waals surface area contributed by atoms with Crippen LogP contribution in [0.15, 0.2) is 28.2 Å². The Morgan fingerprint density at radius 1 is 1.40 bits per heavy atom. The third kappa shape index (κ3) is 2.64. The van der Waals surface area contributed by atoms with Crippen LogP contribution in [-0.2, 0) is 13.5 Å². The maximum atomic E-state index is 13.1. The summed E-state index contributed by atoms with van der Waals surface area (Å²) in [4.78, 5) is 16.0. The van der Waals surface area contributed by atoms with Gasteiger partial charge in [-0.15, -0.1) is 11.3 Å². The SMILES string of the molecule is CC(C)Cc1n[nH]c2c1C(c1sccc1Br)N(c1ccn(C)n1)C2=O. The number of nitrogens with one attached hydrogen (secondary N) is 1. The van der Waals surface area contributed by atoms with E-state index < -0.39 is 0 Å². The Bertz CT molecular complexity index is 941. The van der Waals surface area contributed by atoms with Crippen molar-refractivity contribution in [2.75, 3.05) is 4.90 Å². The van der Waals surface area contributed by atoms with Crippen LogP contribution < -0.4 is 4.90 Å². The molecule has 0 fully saturated rings. The lowest BCUT2D eigenvalue weighted by molar-refractivity contribution is 0.0988. The van der Waals surface area contributed by atoms with E-state index in [4.69, 9.17) is 0 Å².